The van der Waals surface area contributed by atoms with Gasteiger partial charge < -0.3 is 19.1 Å². The number of carbonyl (C=O) groups is 4. The predicted molar refractivity (Wildman–Crippen MR) is 187 cm³/mol. The zero-order valence-electron chi connectivity index (χ0n) is 28.9. The molecule has 2 aromatic rings. The first-order valence-electron chi connectivity index (χ1n) is 17.3. The number of sulfonamides is 1. The number of amides is 1. The number of nitrogens with zero attached hydrogens (tertiary/aromatic N) is 1. The molecule has 1 amide bonds. The lowest BCUT2D eigenvalue weighted by molar-refractivity contribution is -0.162. The second kappa shape index (κ2) is 14.2. The van der Waals surface area contributed by atoms with Crippen LogP contribution in [-0.4, -0.2) is 71.2 Å². The summed E-state index contributed by atoms with van der Waals surface area (Å²) in [4.78, 5) is 55.9. The molecule has 13 heteroatoms. The summed E-state index contributed by atoms with van der Waals surface area (Å²) in [6.45, 7) is 4.58. The second-order valence-electron chi connectivity index (χ2n) is 14.6. The van der Waals surface area contributed by atoms with Gasteiger partial charge in [0, 0.05) is 41.4 Å². The summed E-state index contributed by atoms with van der Waals surface area (Å²) in [5.41, 5.74) is 2.78. The molecule has 11 nitrogen and oxygen atoms in total. The summed E-state index contributed by atoms with van der Waals surface area (Å²) < 4.78 is 45.9. The van der Waals surface area contributed by atoms with Crippen molar-refractivity contribution < 1.29 is 41.8 Å². The highest BCUT2D eigenvalue weighted by atomic mass is 35.5. The summed E-state index contributed by atoms with van der Waals surface area (Å²) >= 11 is 6.40. The van der Waals surface area contributed by atoms with Crippen molar-refractivity contribution in [2.45, 2.75) is 69.5 Å². The van der Waals surface area contributed by atoms with Crippen molar-refractivity contribution in [1.29, 1.82) is 0 Å². The van der Waals surface area contributed by atoms with E-state index in [1.54, 1.807) is 25.1 Å². The van der Waals surface area contributed by atoms with E-state index < -0.39 is 56.3 Å². The number of anilines is 1. The standard InChI is InChI=1S/C37H45ClN2O9S/c1-21-14-26(33(35(43)47-3)36(44)48-4)17-31(41)28-10-7-25(28)18-40-19-37(13-5-6-23-15-27(38)9-11-29(23)37)20-49-32-12-8-24(16-30(32)40)34(42)39-50(45,46)22(21)2/h8-9,11-12,15-16,21-22,25-26,28,33H,5-7,10,13-14,17-20H2,1-4H3,(H,39,42)/t21-,22+,25-,26-,28+,37-/m0/s1. The van der Waals surface area contributed by atoms with E-state index in [0.717, 1.165) is 39.9 Å². The number of methoxy groups -OCH3 is 2. The zero-order valence-corrected chi connectivity index (χ0v) is 30.5. The molecule has 2 aliphatic carbocycles. The number of aryl methyl sites for hydroxylation is 1. The average Bonchev–Trinajstić information content (AvgIpc) is 3.22. The number of fused-ring (bicyclic) bond motifs is 4. The van der Waals surface area contributed by atoms with E-state index in [1.807, 2.05) is 12.1 Å². The molecule has 2 heterocycles. The molecule has 1 spiro atoms. The third-order valence-corrected chi connectivity index (χ3v) is 13.8. The maximum absolute atomic E-state index is 14.1. The number of hydrogen-bond acceptors (Lipinski definition) is 10. The third-order valence-electron chi connectivity index (χ3n) is 11.6. The monoisotopic (exact) mass is 728 g/mol. The van der Waals surface area contributed by atoms with Crippen LogP contribution in [0.25, 0.3) is 0 Å². The number of ketones is 1. The molecular weight excluding hydrogens is 684 g/mol. The van der Waals surface area contributed by atoms with Gasteiger partial charge in [-0.05, 0) is 105 Å². The van der Waals surface area contributed by atoms with Gasteiger partial charge in [0.1, 0.15) is 11.5 Å². The molecule has 6 atom stereocenters. The van der Waals surface area contributed by atoms with Gasteiger partial charge in [-0.15, -0.1) is 0 Å². The quantitative estimate of drug-likeness (QED) is 0.344. The van der Waals surface area contributed by atoms with Gasteiger partial charge in [0.05, 0.1) is 31.8 Å². The van der Waals surface area contributed by atoms with E-state index in [-0.39, 0.29) is 36.0 Å². The van der Waals surface area contributed by atoms with Gasteiger partial charge in [0.2, 0.25) is 10.0 Å². The summed E-state index contributed by atoms with van der Waals surface area (Å²) in [5, 5.41) is -0.432. The van der Waals surface area contributed by atoms with E-state index in [4.69, 9.17) is 25.8 Å². The first kappa shape index (κ1) is 36.2. The largest absolute Gasteiger partial charge is 0.490 e. The summed E-state index contributed by atoms with van der Waals surface area (Å²) in [7, 11) is -1.92. The minimum atomic E-state index is -4.23. The van der Waals surface area contributed by atoms with Crippen LogP contribution in [0.15, 0.2) is 36.4 Å². The number of ether oxygens (including phenoxy) is 3. The fourth-order valence-corrected chi connectivity index (χ4v) is 9.97. The molecule has 0 unspecified atom stereocenters. The summed E-state index contributed by atoms with van der Waals surface area (Å²) in [5.74, 6) is -5.28. The number of nitrogens with one attached hydrogen (secondary N) is 1. The zero-order chi connectivity index (χ0) is 36.0. The molecule has 0 aromatic heterocycles. The molecule has 2 aromatic carbocycles. The molecule has 50 heavy (non-hydrogen) atoms. The first-order chi connectivity index (χ1) is 23.8. The van der Waals surface area contributed by atoms with Crippen molar-refractivity contribution in [1.82, 2.24) is 4.72 Å². The molecule has 2 bridgehead atoms. The number of Topliss-reactive ketones (excluding diaryl/α,β-unsaturated/α-hetero) is 1. The Kier molecular flexibility index (Phi) is 10.2. The van der Waals surface area contributed by atoms with Crippen molar-refractivity contribution in [3.63, 3.8) is 0 Å². The van der Waals surface area contributed by atoms with Gasteiger partial charge >= 0.3 is 11.9 Å². The Bertz CT molecular complexity index is 1780. The SMILES string of the molecule is COC(=O)C(C(=O)OC)[C@@H]1CC(=O)[C@@H]2CC[C@H]2CN2C[C@@]3(CCCc4cc(Cl)ccc43)COc3ccc(cc32)C(=O)NS(=O)(=O)[C@H](C)[C@@H](C)C1. The molecule has 1 N–H and O–H groups in total. The molecule has 0 radical (unpaired) electrons. The van der Waals surface area contributed by atoms with Crippen LogP contribution in [0.1, 0.15) is 73.9 Å². The van der Waals surface area contributed by atoms with Crippen LogP contribution < -0.4 is 14.4 Å². The van der Waals surface area contributed by atoms with Gasteiger partial charge in [-0.3, -0.25) is 19.2 Å². The van der Waals surface area contributed by atoms with Crippen LogP contribution in [0.5, 0.6) is 5.75 Å². The van der Waals surface area contributed by atoms with Crippen LogP contribution >= 0.6 is 11.6 Å². The minimum absolute atomic E-state index is 0.0303. The molecule has 270 valence electrons. The third kappa shape index (κ3) is 6.85. The smallest absolute Gasteiger partial charge is 0.320 e. The molecule has 0 saturated heterocycles. The number of hydrogen-bond donors (Lipinski definition) is 1. The highest BCUT2D eigenvalue weighted by molar-refractivity contribution is 7.90. The van der Waals surface area contributed by atoms with Crippen molar-refractivity contribution in [3.8, 4) is 5.75 Å². The second-order valence-corrected chi connectivity index (χ2v) is 17.1. The highest BCUT2D eigenvalue weighted by Crippen LogP contribution is 2.47. The Morgan fingerprint density at radius 3 is 2.48 bits per heavy atom. The lowest BCUT2D eigenvalue weighted by atomic mass is 9.67. The van der Waals surface area contributed by atoms with Crippen molar-refractivity contribution in [3.05, 3.63) is 58.1 Å². The molecule has 1 fully saturated rings. The number of rotatable bonds is 3. The van der Waals surface area contributed by atoms with Gasteiger partial charge in [0.15, 0.2) is 5.92 Å². The highest BCUT2D eigenvalue weighted by Gasteiger charge is 2.47. The lowest BCUT2D eigenvalue weighted by Gasteiger charge is -2.44. The molecular formula is C37H45ClN2O9S. The topological polar surface area (TPSA) is 145 Å². The fraction of sp³-hybridized carbons (Fsp3) is 0.568. The van der Waals surface area contributed by atoms with Gasteiger partial charge in [-0.25, -0.2) is 13.1 Å². The Morgan fingerprint density at radius 1 is 1.06 bits per heavy atom. The van der Waals surface area contributed by atoms with E-state index in [2.05, 4.69) is 15.7 Å². The minimum Gasteiger partial charge on any atom is -0.490 e. The Balaban J connectivity index is 1.42. The van der Waals surface area contributed by atoms with Crippen molar-refractivity contribution in [2.75, 3.05) is 38.8 Å². The van der Waals surface area contributed by atoms with E-state index >= 15 is 0 Å². The van der Waals surface area contributed by atoms with Crippen LogP contribution in [-0.2, 0) is 45.7 Å². The first-order valence-corrected chi connectivity index (χ1v) is 19.2. The summed E-state index contributed by atoms with van der Waals surface area (Å²) in [6, 6.07) is 11.0. The fourth-order valence-electron chi connectivity index (χ4n) is 8.49. The molecule has 6 rings (SSSR count). The van der Waals surface area contributed by atoms with Gasteiger partial charge in [0.25, 0.3) is 5.91 Å². The molecule has 2 aliphatic heterocycles. The van der Waals surface area contributed by atoms with Gasteiger partial charge in [-0.2, -0.15) is 0 Å². The number of esters is 2. The maximum atomic E-state index is 14.1. The van der Waals surface area contributed by atoms with Crippen LogP contribution in [0, 0.1) is 29.6 Å². The van der Waals surface area contributed by atoms with E-state index in [0.29, 0.717) is 42.6 Å². The van der Waals surface area contributed by atoms with Crippen LogP contribution in [0.4, 0.5) is 5.69 Å². The normalized spacial score (nSPS) is 29.4. The Labute approximate surface area is 298 Å². The van der Waals surface area contributed by atoms with Crippen LogP contribution in [0.3, 0.4) is 0 Å². The Hall–Kier alpha value is -3.64. The maximum Gasteiger partial charge on any atom is 0.320 e. The molecule has 1 saturated carbocycles. The van der Waals surface area contributed by atoms with E-state index in [9.17, 15) is 27.6 Å². The van der Waals surface area contributed by atoms with Gasteiger partial charge in [-0.1, -0.05) is 24.6 Å². The molecule has 4 aliphatic rings. The van der Waals surface area contributed by atoms with Crippen LogP contribution in [0.2, 0.25) is 5.02 Å². The lowest BCUT2D eigenvalue weighted by Crippen LogP contribution is -2.49. The number of carbonyl (C=O) groups excluding carboxylic acids is 4. The number of benzene rings is 2. The van der Waals surface area contributed by atoms with Crippen molar-refractivity contribution in [2.24, 2.45) is 29.6 Å². The number of halogens is 1. The van der Waals surface area contributed by atoms with E-state index in [1.165, 1.54) is 18.1 Å². The predicted octanol–water partition coefficient (Wildman–Crippen LogP) is 4.86. The Morgan fingerprint density at radius 2 is 1.80 bits per heavy atom. The average molecular weight is 729 g/mol. The van der Waals surface area contributed by atoms with Crippen molar-refractivity contribution >= 4 is 50.9 Å². The summed E-state index contributed by atoms with van der Waals surface area (Å²) in [6.07, 6.45) is 4.07.